The van der Waals surface area contributed by atoms with E-state index in [-0.39, 0.29) is 11.3 Å². The van der Waals surface area contributed by atoms with E-state index in [0.29, 0.717) is 0 Å². The predicted octanol–water partition coefficient (Wildman–Crippen LogP) is 0.794. The molecule has 20 heavy (non-hydrogen) atoms. The zero-order valence-corrected chi connectivity index (χ0v) is 10.6. The van der Waals surface area contributed by atoms with Crippen molar-refractivity contribution in [2.45, 2.75) is 18.3 Å². The lowest BCUT2D eigenvalue weighted by molar-refractivity contribution is -0.252. The number of nitrogens with zero attached hydrogens (tertiary/aromatic N) is 1. The van der Waals surface area contributed by atoms with E-state index in [4.69, 9.17) is 12.2 Å². The lowest BCUT2D eigenvalue weighted by Crippen LogP contribution is -2.50. The number of rotatable bonds is 2. The van der Waals surface area contributed by atoms with Crippen molar-refractivity contribution in [1.82, 2.24) is 9.55 Å². The van der Waals surface area contributed by atoms with Gasteiger partial charge in [0.1, 0.15) is 11.4 Å². The van der Waals surface area contributed by atoms with Crippen LogP contribution in [0.5, 0.6) is 0 Å². The summed E-state index contributed by atoms with van der Waals surface area (Å²) in [5.41, 5.74) is -6.30. The minimum atomic E-state index is -5.34. The van der Waals surface area contributed by atoms with Crippen LogP contribution < -0.4 is 10.9 Å². The molecule has 0 aromatic carbocycles. The number of aliphatic hydroxyl groups is 1. The number of aromatic nitrogens is 2. The highest BCUT2D eigenvalue weighted by molar-refractivity contribution is 7.71. The molecule has 1 aromatic rings. The van der Waals surface area contributed by atoms with Crippen LogP contribution in [0.15, 0.2) is 17.4 Å². The number of carbonyl (C=O) groups excluding carboxylic acids is 1. The Morgan fingerprint density at radius 3 is 2.55 bits per heavy atom. The summed E-state index contributed by atoms with van der Waals surface area (Å²) in [6.07, 6.45) is -4.03. The Morgan fingerprint density at radius 2 is 2.05 bits per heavy atom. The summed E-state index contributed by atoms with van der Waals surface area (Å²) in [4.78, 5) is 25.2. The number of carbonyl (C=O) groups is 1. The van der Waals surface area contributed by atoms with Gasteiger partial charge >= 0.3 is 6.18 Å². The van der Waals surface area contributed by atoms with Crippen LogP contribution in [0.1, 0.15) is 5.56 Å². The van der Waals surface area contributed by atoms with Gasteiger partial charge in [-0.05, 0) is 12.2 Å². The molecule has 0 spiro atoms. The van der Waals surface area contributed by atoms with Gasteiger partial charge in [0.25, 0.3) is 17.1 Å². The van der Waals surface area contributed by atoms with E-state index in [1.54, 1.807) is 0 Å². The van der Waals surface area contributed by atoms with Gasteiger partial charge in [-0.15, -0.1) is 6.58 Å². The molecule has 2 heterocycles. The van der Waals surface area contributed by atoms with Gasteiger partial charge in [0.15, 0.2) is 4.77 Å². The minimum Gasteiger partial charge on any atom is -0.368 e. The van der Waals surface area contributed by atoms with Gasteiger partial charge in [0.2, 0.25) is 0 Å². The third-order valence-corrected chi connectivity index (χ3v) is 3.17. The molecule has 0 fully saturated rings. The first kappa shape index (κ1) is 14.5. The number of alkyl halides is 3. The maximum absolute atomic E-state index is 13.0. The number of halogens is 3. The topological polar surface area (TPSA) is 87.1 Å². The van der Waals surface area contributed by atoms with Crippen LogP contribution in [-0.2, 0) is 16.9 Å². The number of H-pyrrole nitrogens is 1. The second-order valence-electron chi connectivity index (χ2n) is 4.04. The molecule has 1 aromatic heterocycles. The van der Waals surface area contributed by atoms with Crippen LogP contribution in [-0.4, -0.2) is 26.7 Å². The molecule has 108 valence electrons. The summed E-state index contributed by atoms with van der Waals surface area (Å²) in [5.74, 6) is -2.23. The smallest absolute Gasteiger partial charge is 0.368 e. The van der Waals surface area contributed by atoms with Crippen LogP contribution in [0.3, 0.4) is 0 Å². The van der Waals surface area contributed by atoms with Gasteiger partial charge < -0.3 is 15.0 Å². The quantitative estimate of drug-likeness (QED) is 0.557. The molecule has 0 unspecified atom stereocenters. The maximum Gasteiger partial charge on any atom is 0.431 e. The number of aromatic amines is 1. The van der Waals surface area contributed by atoms with Gasteiger partial charge in [-0.3, -0.25) is 14.6 Å². The van der Waals surface area contributed by atoms with Crippen LogP contribution in [0.2, 0.25) is 0 Å². The highest BCUT2D eigenvalue weighted by Gasteiger charge is 2.66. The van der Waals surface area contributed by atoms with E-state index in [1.807, 2.05) is 10.3 Å². The third kappa shape index (κ3) is 1.72. The monoisotopic (exact) mass is 307 g/mol. The van der Waals surface area contributed by atoms with Crippen molar-refractivity contribution in [2.24, 2.45) is 0 Å². The van der Waals surface area contributed by atoms with Crippen molar-refractivity contribution in [3.63, 3.8) is 0 Å². The highest BCUT2D eigenvalue weighted by atomic mass is 32.1. The van der Waals surface area contributed by atoms with Gasteiger partial charge in [-0.25, -0.2) is 0 Å². The van der Waals surface area contributed by atoms with Crippen LogP contribution in [0.25, 0.3) is 0 Å². The number of hydrogen-bond acceptors (Lipinski definition) is 4. The van der Waals surface area contributed by atoms with Crippen molar-refractivity contribution in [3.8, 4) is 0 Å². The molecule has 3 N–H and O–H groups in total. The number of amides is 1. The second kappa shape index (κ2) is 4.28. The van der Waals surface area contributed by atoms with Crippen molar-refractivity contribution in [1.29, 1.82) is 0 Å². The molecule has 0 saturated carbocycles. The first-order valence-electron chi connectivity index (χ1n) is 5.23. The maximum atomic E-state index is 13.0. The van der Waals surface area contributed by atoms with Gasteiger partial charge in [0, 0.05) is 6.54 Å². The highest BCUT2D eigenvalue weighted by Crippen LogP contribution is 2.44. The van der Waals surface area contributed by atoms with Gasteiger partial charge in [-0.1, -0.05) is 6.08 Å². The van der Waals surface area contributed by atoms with E-state index in [2.05, 4.69) is 6.58 Å². The molecular weight excluding hydrogens is 299 g/mol. The molecule has 6 nitrogen and oxygen atoms in total. The largest absolute Gasteiger partial charge is 0.431 e. The molecule has 1 atom stereocenters. The molecule has 10 heteroatoms. The average molecular weight is 307 g/mol. The molecule has 1 amide bonds. The normalized spacial score (nSPS) is 21.5. The molecule has 1 aliphatic rings. The summed E-state index contributed by atoms with van der Waals surface area (Å²) in [6, 6.07) is 0. The zero-order chi connectivity index (χ0) is 15.3. The van der Waals surface area contributed by atoms with Crippen LogP contribution in [0, 0.1) is 4.77 Å². The van der Waals surface area contributed by atoms with Crippen molar-refractivity contribution in [2.75, 3.05) is 5.32 Å². The molecular formula is C10H8F3N3O3S. The van der Waals surface area contributed by atoms with E-state index in [1.165, 1.54) is 6.08 Å². The average Bonchev–Trinajstić information content (AvgIpc) is 2.58. The molecule has 0 aliphatic carbocycles. The van der Waals surface area contributed by atoms with Crippen LogP contribution in [0.4, 0.5) is 19.0 Å². The van der Waals surface area contributed by atoms with Gasteiger partial charge in [0.05, 0.1) is 0 Å². The van der Waals surface area contributed by atoms with E-state index in [9.17, 15) is 27.9 Å². The lowest BCUT2D eigenvalue weighted by Gasteiger charge is -2.22. The predicted molar refractivity (Wildman–Crippen MR) is 64.7 cm³/mol. The number of hydrogen-bond donors (Lipinski definition) is 3. The summed E-state index contributed by atoms with van der Waals surface area (Å²) in [7, 11) is 0. The SMILES string of the molecule is C=CCn1c2c(c(=O)[nH]c1=S)[C@@](O)(C(F)(F)F)C(=O)N2. The third-order valence-electron chi connectivity index (χ3n) is 2.84. The summed E-state index contributed by atoms with van der Waals surface area (Å²) >= 11 is 4.80. The lowest BCUT2D eigenvalue weighted by atomic mass is 9.97. The molecule has 0 saturated heterocycles. The van der Waals surface area contributed by atoms with Crippen molar-refractivity contribution < 1.29 is 23.1 Å². The summed E-state index contributed by atoms with van der Waals surface area (Å²) in [6.45, 7) is 3.34. The fourth-order valence-electron chi connectivity index (χ4n) is 1.92. The van der Waals surface area contributed by atoms with E-state index < -0.39 is 34.6 Å². The standard InChI is InChI=1S/C10H8F3N3O3S/c1-2-3-16-5-4(6(17)15-8(16)20)9(19,7(18)14-5)10(11,12)13/h2,19H,1,3H2,(H,14,18)(H,15,17,20)/t9-/m0/s1. The van der Waals surface area contributed by atoms with Crippen molar-refractivity contribution in [3.05, 3.63) is 33.3 Å². The number of nitrogens with one attached hydrogen (secondary N) is 2. The van der Waals surface area contributed by atoms with Crippen molar-refractivity contribution >= 4 is 23.9 Å². The number of fused-ring (bicyclic) bond motifs is 1. The Labute approximate surface area is 114 Å². The molecule has 0 radical (unpaired) electrons. The Morgan fingerprint density at radius 1 is 1.45 bits per heavy atom. The second-order valence-corrected chi connectivity index (χ2v) is 4.43. The molecule has 1 aliphatic heterocycles. The Kier molecular flexibility index (Phi) is 3.10. The minimum absolute atomic E-state index is 0.0494. The number of anilines is 1. The Hall–Kier alpha value is -1.94. The number of allylic oxidation sites excluding steroid dienone is 1. The first-order valence-corrected chi connectivity index (χ1v) is 5.64. The summed E-state index contributed by atoms with van der Waals surface area (Å²) < 4.78 is 39.7. The van der Waals surface area contributed by atoms with Gasteiger partial charge in [-0.2, -0.15) is 13.2 Å². The first-order chi connectivity index (χ1) is 9.14. The molecule has 2 rings (SSSR count). The fraction of sp³-hybridized carbons (Fsp3) is 0.300. The molecule has 0 bridgehead atoms. The van der Waals surface area contributed by atoms with Crippen LogP contribution >= 0.6 is 12.2 Å². The zero-order valence-electron chi connectivity index (χ0n) is 9.74. The summed E-state index contributed by atoms with van der Waals surface area (Å²) in [5, 5.41) is 11.5. The van der Waals surface area contributed by atoms with E-state index >= 15 is 0 Å². The Bertz CT molecular complexity index is 721. The fourth-order valence-corrected chi connectivity index (χ4v) is 2.18. The van der Waals surface area contributed by atoms with E-state index in [0.717, 1.165) is 4.57 Å². The Balaban J connectivity index is 2.88.